The summed E-state index contributed by atoms with van der Waals surface area (Å²) in [6, 6.07) is 17.6. The molecule has 0 bridgehead atoms. The molecule has 29 heavy (non-hydrogen) atoms. The molecule has 0 saturated carbocycles. The number of hydrogen-bond acceptors (Lipinski definition) is 3. The number of carbonyl (C=O) groups excluding carboxylic acids is 2. The molecular weight excluding hydrogens is 364 g/mol. The van der Waals surface area contributed by atoms with Crippen LogP contribution < -0.4 is 10.1 Å². The third kappa shape index (κ3) is 5.37. The Bertz CT molecular complexity index is 818. The normalized spacial score (nSPS) is 18.7. The van der Waals surface area contributed by atoms with Gasteiger partial charge in [0.05, 0.1) is 19.4 Å². The number of benzene rings is 2. The first-order chi connectivity index (χ1) is 14.0. The Morgan fingerprint density at radius 1 is 1.07 bits per heavy atom. The van der Waals surface area contributed by atoms with Crippen LogP contribution in [-0.4, -0.2) is 43.5 Å². The number of likely N-dealkylation sites (tertiary alicyclic amines) is 1. The van der Waals surface area contributed by atoms with Crippen molar-refractivity contribution in [3.8, 4) is 5.75 Å². The second-order valence-corrected chi connectivity index (χ2v) is 8.09. The van der Waals surface area contributed by atoms with E-state index in [0.717, 1.165) is 16.9 Å². The summed E-state index contributed by atoms with van der Waals surface area (Å²) in [4.78, 5) is 27.6. The molecule has 1 N–H and O–H groups in total. The molecule has 1 heterocycles. The molecule has 5 nitrogen and oxygen atoms in total. The average molecular weight is 395 g/mol. The summed E-state index contributed by atoms with van der Waals surface area (Å²) in [7, 11) is 1.64. The second kappa shape index (κ2) is 9.59. The molecule has 2 aromatic carbocycles. The fourth-order valence-corrected chi connectivity index (χ4v) is 3.78. The van der Waals surface area contributed by atoms with Crippen molar-refractivity contribution in [1.82, 2.24) is 10.2 Å². The van der Waals surface area contributed by atoms with Gasteiger partial charge in [-0.2, -0.15) is 0 Å². The molecule has 5 heteroatoms. The maximum atomic E-state index is 12.9. The quantitative estimate of drug-likeness (QED) is 0.784. The Balaban J connectivity index is 1.77. The number of hydrogen-bond donors (Lipinski definition) is 1. The maximum Gasteiger partial charge on any atom is 0.227 e. The zero-order valence-corrected chi connectivity index (χ0v) is 17.4. The summed E-state index contributed by atoms with van der Waals surface area (Å²) < 4.78 is 5.25. The van der Waals surface area contributed by atoms with Crippen LogP contribution in [0.4, 0.5) is 0 Å². The van der Waals surface area contributed by atoms with Gasteiger partial charge in [0, 0.05) is 25.6 Å². The molecular formula is C24H30N2O3. The number of ether oxygens (including phenoxy) is 1. The van der Waals surface area contributed by atoms with Crippen LogP contribution in [0.15, 0.2) is 54.6 Å². The van der Waals surface area contributed by atoms with E-state index in [1.807, 2.05) is 59.5 Å². The lowest BCUT2D eigenvalue weighted by atomic mass is 9.88. The van der Waals surface area contributed by atoms with Crippen molar-refractivity contribution in [3.05, 3.63) is 65.7 Å². The highest BCUT2D eigenvalue weighted by molar-refractivity contribution is 5.84. The molecule has 0 aliphatic carbocycles. The van der Waals surface area contributed by atoms with Gasteiger partial charge in [-0.3, -0.25) is 9.59 Å². The molecule has 2 aromatic rings. The number of methoxy groups -OCH3 is 1. The van der Waals surface area contributed by atoms with E-state index >= 15 is 0 Å². The van der Waals surface area contributed by atoms with E-state index in [-0.39, 0.29) is 23.7 Å². The van der Waals surface area contributed by atoms with E-state index in [9.17, 15) is 9.59 Å². The minimum Gasteiger partial charge on any atom is -0.497 e. The van der Waals surface area contributed by atoms with Crippen molar-refractivity contribution in [3.63, 3.8) is 0 Å². The predicted molar refractivity (Wildman–Crippen MR) is 114 cm³/mol. The van der Waals surface area contributed by atoms with Crippen LogP contribution >= 0.6 is 0 Å². The third-order valence-electron chi connectivity index (χ3n) is 5.44. The highest BCUT2D eigenvalue weighted by Gasteiger charge is 2.40. The summed E-state index contributed by atoms with van der Waals surface area (Å²) in [5, 5.41) is 3.05. The zero-order valence-electron chi connectivity index (χ0n) is 17.4. The highest BCUT2D eigenvalue weighted by atomic mass is 16.5. The first kappa shape index (κ1) is 20.9. The monoisotopic (exact) mass is 394 g/mol. The van der Waals surface area contributed by atoms with Crippen molar-refractivity contribution in [2.45, 2.75) is 26.2 Å². The Labute approximate surface area is 173 Å². The van der Waals surface area contributed by atoms with Crippen molar-refractivity contribution in [1.29, 1.82) is 0 Å². The molecule has 2 amide bonds. The lowest BCUT2D eigenvalue weighted by Gasteiger charge is -2.19. The fraction of sp³-hybridized carbons (Fsp3) is 0.417. The summed E-state index contributed by atoms with van der Waals surface area (Å²) in [6.45, 7) is 5.80. The Morgan fingerprint density at radius 3 is 2.38 bits per heavy atom. The molecule has 3 rings (SSSR count). The Hall–Kier alpha value is -2.82. The van der Waals surface area contributed by atoms with Gasteiger partial charge in [-0.25, -0.2) is 0 Å². The lowest BCUT2D eigenvalue weighted by molar-refractivity contribution is -0.130. The summed E-state index contributed by atoms with van der Waals surface area (Å²) in [5.41, 5.74) is 2.05. The van der Waals surface area contributed by atoms with Crippen LogP contribution in [0.25, 0.3) is 0 Å². The number of nitrogens with zero attached hydrogens (tertiary/aromatic N) is 1. The van der Waals surface area contributed by atoms with Gasteiger partial charge >= 0.3 is 0 Å². The fourth-order valence-electron chi connectivity index (χ4n) is 3.78. The third-order valence-corrected chi connectivity index (χ3v) is 5.44. The van der Waals surface area contributed by atoms with Crippen molar-refractivity contribution in [2.75, 3.05) is 26.7 Å². The zero-order chi connectivity index (χ0) is 20.8. The van der Waals surface area contributed by atoms with E-state index in [0.29, 0.717) is 32.0 Å². The molecule has 1 aliphatic heterocycles. The standard InChI is InChI=1S/C24H30N2O3/c1-17(2)14-25-24(28)22-16-26(23(27)13-18-7-5-4-6-8-18)15-21(22)19-9-11-20(29-3)12-10-19/h4-12,17,21-22H,13-16H2,1-3H3,(H,25,28)/t21-,22-/m0/s1. The summed E-state index contributed by atoms with van der Waals surface area (Å²) in [5.74, 6) is 0.984. The number of nitrogens with one attached hydrogen (secondary N) is 1. The minimum absolute atomic E-state index is 0.0206. The highest BCUT2D eigenvalue weighted by Crippen LogP contribution is 2.34. The lowest BCUT2D eigenvalue weighted by Crippen LogP contribution is -2.37. The van der Waals surface area contributed by atoms with Crippen LogP contribution in [0.5, 0.6) is 5.75 Å². The molecule has 0 radical (unpaired) electrons. The van der Waals surface area contributed by atoms with Gasteiger partial charge < -0.3 is 15.0 Å². The van der Waals surface area contributed by atoms with Gasteiger partial charge in [0.1, 0.15) is 5.75 Å². The van der Waals surface area contributed by atoms with Crippen molar-refractivity contribution < 1.29 is 14.3 Å². The van der Waals surface area contributed by atoms with Gasteiger partial charge in [0.25, 0.3) is 0 Å². The van der Waals surface area contributed by atoms with Gasteiger partial charge in [-0.05, 0) is 29.2 Å². The predicted octanol–water partition coefficient (Wildman–Crippen LogP) is 3.25. The van der Waals surface area contributed by atoms with Gasteiger partial charge in [-0.15, -0.1) is 0 Å². The van der Waals surface area contributed by atoms with E-state index < -0.39 is 0 Å². The first-order valence-corrected chi connectivity index (χ1v) is 10.2. The maximum absolute atomic E-state index is 12.9. The van der Waals surface area contributed by atoms with Gasteiger partial charge in [-0.1, -0.05) is 56.3 Å². The summed E-state index contributed by atoms with van der Waals surface area (Å²) in [6.07, 6.45) is 0.358. The molecule has 1 saturated heterocycles. The smallest absolute Gasteiger partial charge is 0.227 e. The molecule has 0 unspecified atom stereocenters. The van der Waals surface area contributed by atoms with Gasteiger partial charge in [0.15, 0.2) is 0 Å². The van der Waals surface area contributed by atoms with Crippen molar-refractivity contribution >= 4 is 11.8 Å². The Morgan fingerprint density at radius 2 is 1.76 bits per heavy atom. The van der Waals surface area contributed by atoms with Gasteiger partial charge in [0.2, 0.25) is 11.8 Å². The van der Waals surface area contributed by atoms with E-state index in [4.69, 9.17) is 4.74 Å². The number of carbonyl (C=O) groups is 2. The summed E-state index contributed by atoms with van der Waals surface area (Å²) >= 11 is 0. The number of rotatable bonds is 7. The molecule has 0 spiro atoms. The topological polar surface area (TPSA) is 58.6 Å². The molecule has 1 fully saturated rings. The van der Waals surface area contributed by atoms with E-state index in [2.05, 4.69) is 19.2 Å². The largest absolute Gasteiger partial charge is 0.497 e. The SMILES string of the molecule is COc1ccc([C@@H]2CN(C(=O)Cc3ccccc3)C[C@@H]2C(=O)NCC(C)C)cc1. The minimum atomic E-state index is -0.248. The molecule has 2 atom stereocenters. The molecule has 0 aromatic heterocycles. The van der Waals surface area contributed by atoms with Crippen LogP contribution in [-0.2, 0) is 16.0 Å². The average Bonchev–Trinajstić information content (AvgIpc) is 3.18. The van der Waals surface area contributed by atoms with Crippen LogP contribution in [0.2, 0.25) is 0 Å². The van der Waals surface area contributed by atoms with E-state index in [1.165, 1.54) is 0 Å². The number of amides is 2. The van der Waals surface area contributed by atoms with Crippen LogP contribution in [0.1, 0.15) is 30.9 Å². The molecule has 154 valence electrons. The van der Waals surface area contributed by atoms with Crippen LogP contribution in [0.3, 0.4) is 0 Å². The van der Waals surface area contributed by atoms with Crippen molar-refractivity contribution in [2.24, 2.45) is 11.8 Å². The van der Waals surface area contributed by atoms with Crippen LogP contribution in [0, 0.1) is 11.8 Å². The Kier molecular flexibility index (Phi) is 6.91. The van der Waals surface area contributed by atoms with E-state index in [1.54, 1.807) is 7.11 Å². The second-order valence-electron chi connectivity index (χ2n) is 8.09. The molecule has 1 aliphatic rings. The first-order valence-electron chi connectivity index (χ1n) is 10.2.